The van der Waals surface area contributed by atoms with E-state index in [1.165, 1.54) is 12.8 Å². The van der Waals surface area contributed by atoms with Crippen molar-refractivity contribution in [2.45, 2.75) is 78.0 Å². The first-order valence-electron chi connectivity index (χ1n) is 9.61. The summed E-state index contributed by atoms with van der Waals surface area (Å²) in [7, 11) is 0. The fourth-order valence-electron chi connectivity index (χ4n) is 6.46. The predicted octanol–water partition coefficient (Wildman–Crippen LogP) is 3.65. The van der Waals surface area contributed by atoms with Gasteiger partial charge in [-0.1, -0.05) is 20.8 Å². The number of rotatable bonds is 4. The molecule has 0 unspecified atom stereocenters. The van der Waals surface area contributed by atoms with Crippen molar-refractivity contribution in [2.75, 3.05) is 6.61 Å². The number of fused-ring (bicyclic) bond motifs is 1. The molecule has 4 rings (SSSR count). The Kier molecular flexibility index (Phi) is 3.85. The summed E-state index contributed by atoms with van der Waals surface area (Å²) < 4.78 is 8.60. The molecule has 4 nitrogen and oxygen atoms in total. The van der Waals surface area contributed by atoms with Crippen LogP contribution in [0.2, 0.25) is 0 Å². The first kappa shape index (κ1) is 16.6. The fraction of sp³-hybridized carbons (Fsp3) is 0.850. The highest BCUT2D eigenvalue weighted by atomic mass is 16.5. The molecular weight excluding hydrogens is 300 g/mol. The maximum atomic E-state index is 10.6. The zero-order valence-electron chi connectivity index (χ0n) is 15.4. The average molecular weight is 332 g/mol. The second kappa shape index (κ2) is 5.57. The third kappa shape index (κ3) is 2.45. The molecule has 1 aromatic heterocycles. The van der Waals surface area contributed by atoms with E-state index in [1.54, 1.807) is 0 Å². The Bertz CT molecular complexity index is 584. The standard InChI is InChI=1S/C20H32N2O2/c1-18(2)12-17(24-11-10-22-9-8-21-14-22)20-7-5-16(23)19(3,13-20)6-4-15(18)20/h8-9,14-17,23H,4-7,10-13H2,1-3H3/t15-,16+,17-,19-,20-/m0/s1. The Morgan fingerprint density at radius 3 is 2.83 bits per heavy atom. The van der Waals surface area contributed by atoms with Crippen LogP contribution in [0.5, 0.6) is 0 Å². The lowest BCUT2D eigenvalue weighted by molar-refractivity contribution is -0.156. The lowest BCUT2D eigenvalue weighted by Gasteiger charge is -2.58. The van der Waals surface area contributed by atoms with Crippen LogP contribution in [-0.4, -0.2) is 33.5 Å². The summed E-state index contributed by atoms with van der Waals surface area (Å²) >= 11 is 0. The fourth-order valence-corrected chi connectivity index (χ4v) is 6.46. The molecule has 1 aromatic rings. The Balaban J connectivity index is 1.53. The Labute approximate surface area is 145 Å². The van der Waals surface area contributed by atoms with Crippen LogP contribution in [-0.2, 0) is 11.3 Å². The van der Waals surface area contributed by atoms with Crippen molar-refractivity contribution < 1.29 is 9.84 Å². The molecule has 5 atom stereocenters. The van der Waals surface area contributed by atoms with Gasteiger partial charge in [0.25, 0.3) is 0 Å². The lowest BCUT2D eigenvalue weighted by atomic mass is 9.49. The Morgan fingerprint density at radius 2 is 2.08 bits per heavy atom. The van der Waals surface area contributed by atoms with Gasteiger partial charge in [-0.15, -0.1) is 0 Å². The monoisotopic (exact) mass is 332 g/mol. The molecule has 0 saturated heterocycles. The molecule has 1 heterocycles. The van der Waals surface area contributed by atoms with Gasteiger partial charge in [0.2, 0.25) is 0 Å². The minimum Gasteiger partial charge on any atom is -0.393 e. The molecule has 3 saturated carbocycles. The van der Waals surface area contributed by atoms with Crippen LogP contribution < -0.4 is 0 Å². The predicted molar refractivity (Wildman–Crippen MR) is 93.5 cm³/mol. The molecule has 2 bridgehead atoms. The van der Waals surface area contributed by atoms with Crippen LogP contribution in [0, 0.1) is 22.2 Å². The first-order valence-corrected chi connectivity index (χ1v) is 9.61. The Hall–Kier alpha value is -0.870. The van der Waals surface area contributed by atoms with Crippen LogP contribution in [0.1, 0.15) is 59.3 Å². The summed E-state index contributed by atoms with van der Waals surface area (Å²) in [6, 6.07) is 0. The van der Waals surface area contributed by atoms with Gasteiger partial charge in [-0.2, -0.15) is 0 Å². The molecule has 0 aliphatic heterocycles. The summed E-state index contributed by atoms with van der Waals surface area (Å²) in [5, 5.41) is 10.6. The van der Waals surface area contributed by atoms with Crippen molar-refractivity contribution in [1.82, 2.24) is 9.55 Å². The van der Waals surface area contributed by atoms with Crippen LogP contribution in [0.15, 0.2) is 18.7 Å². The zero-order chi connectivity index (χ0) is 17.0. The molecule has 0 radical (unpaired) electrons. The second-order valence-corrected chi connectivity index (χ2v) is 9.56. The summed E-state index contributed by atoms with van der Waals surface area (Å²) in [6.45, 7) is 8.81. The van der Waals surface area contributed by atoms with E-state index in [-0.39, 0.29) is 16.9 Å². The summed E-state index contributed by atoms with van der Waals surface area (Å²) in [5.41, 5.74) is 0.731. The van der Waals surface area contributed by atoms with Gasteiger partial charge in [0.15, 0.2) is 0 Å². The van der Waals surface area contributed by atoms with E-state index < -0.39 is 0 Å². The third-order valence-electron chi connectivity index (χ3n) is 7.64. The van der Waals surface area contributed by atoms with Crippen molar-refractivity contribution in [3.05, 3.63) is 18.7 Å². The van der Waals surface area contributed by atoms with Gasteiger partial charge in [-0.25, -0.2) is 4.98 Å². The molecule has 3 aliphatic rings. The molecular formula is C20H32N2O2. The number of ether oxygens (including phenoxy) is 1. The maximum absolute atomic E-state index is 10.6. The van der Waals surface area contributed by atoms with Gasteiger partial charge in [-0.05, 0) is 55.3 Å². The van der Waals surface area contributed by atoms with Crippen LogP contribution >= 0.6 is 0 Å². The topological polar surface area (TPSA) is 47.3 Å². The van der Waals surface area contributed by atoms with Crippen molar-refractivity contribution in [3.63, 3.8) is 0 Å². The Morgan fingerprint density at radius 1 is 1.25 bits per heavy atom. The lowest BCUT2D eigenvalue weighted by Crippen LogP contribution is -2.54. The van der Waals surface area contributed by atoms with Gasteiger partial charge in [0.05, 0.1) is 25.1 Å². The number of hydrogen-bond acceptors (Lipinski definition) is 3. The highest BCUT2D eigenvalue weighted by Crippen LogP contribution is 2.69. The van der Waals surface area contributed by atoms with Crippen molar-refractivity contribution >= 4 is 0 Å². The van der Waals surface area contributed by atoms with Gasteiger partial charge in [-0.3, -0.25) is 0 Å². The van der Waals surface area contributed by atoms with E-state index in [0.717, 1.165) is 44.8 Å². The quantitative estimate of drug-likeness (QED) is 0.915. The van der Waals surface area contributed by atoms with Crippen molar-refractivity contribution in [3.8, 4) is 0 Å². The van der Waals surface area contributed by atoms with Gasteiger partial charge >= 0.3 is 0 Å². The van der Waals surface area contributed by atoms with E-state index in [0.29, 0.717) is 11.5 Å². The van der Waals surface area contributed by atoms with Gasteiger partial charge < -0.3 is 14.4 Å². The van der Waals surface area contributed by atoms with Crippen LogP contribution in [0.25, 0.3) is 0 Å². The summed E-state index contributed by atoms with van der Waals surface area (Å²) in [6.07, 6.45) is 12.7. The number of aromatic nitrogens is 2. The molecule has 1 spiro atoms. The SMILES string of the molecule is CC1(C)C[C@H](OCCn2ccnc2)[C@]23CC[C@@H](O)[C@@](C)(CC[C@@H]12)C3. The minimum absolute atomic E-state index is 0.0983. The number of imidazole rings is 1. The highest BCUT2D eigenvalue weighted by molar-refractivity contribution is 5.14. The van der Waals surface area contributed by atoms with Gasteiger partial charge in [0.1, 0.15) is 0 Å². The van der Waals surface area contributed by atoms with Crippen molar-refractivity contribution in [2.24, 2.45) is 22.2 Å². The third-order valence-corrected chi connectivity index (χ3v) is 7.64. The molecule has 0 aromatic carbocycles. The summed E-state index contributed by atoms with van der Waals surface area (Å²) in [5.74, 6) is 0.740. The molecule has 0 amide bonds. The van der Waals surface area contributed by atoms with E-state index in [4.69, 9.17) is 4.74 Å². The van der Waals surface area contributed by atoms with Gasteiger partial charge in [0, 0.05) is 24.4 Å². The molecule has 4 heteroatoms. The molecule has 1 N–H and O–H groups in total. The van der Waals surface area contributed by atoms with E-state index in [9.17, 15) is 5.11 Å². The van der Waals surface area contributed by atoms with Crippen LogP contribution in [0.4, 0.5) is 0 Å². The largest absolute Gasteiger partial charge is 0.393 e. The highest BCUT2D eigenvalue weighted by Gasteiger charge is 2.65. The first-order chi connectivity index (χ1) is 11.4. The number of nitrogens with zero attached hydrogens (tertiary/aromatic N) is 2. The van der Waals surface area contributed by atoms with E-state index >= 15 is 0 Å². The molecule has 3 aliphatic carbocycles. The number of aliphatic hydroxyl groups is 1. The zero-order valence-corrected chi connectivity index (χ0v) is 15.4. The average Bonchev–Trinajstić information content (AvgIpc) is 3.09. The molecule has 24 heavy (non-hydrogen) atoms. The van der Waals surface area contributed by atoms with E-state index in [2.05, 4.69) is 30.3 Å². The smallest absolute Gasteiger partial charge is 0.0946 e. The maximum Gasteiger partial charge on any atom is 0.0946 e. The van der Waals surface area contributed by atoms with Crippen molar-refractivity contribution in [1.29, 1.82) is 0 Å². The molecule has 134 valence electrons. The number of aliphatic hydroxyl groups excluding tert-OH is 1. The van der Waals surface area contributed by atoms with E-state index in [1.807, 2.05) is 18.7 Å². The second-order valence-electron chi connectivity index (χ2n) is 9.56. The minimum atomic E-state index is -0.126. The summed E-state index contributed by atoms with van der Waals surface area (Å²) in [4.78, 5) is 4.11. The van der Waals surface area contributed by atoms with Crippen LogP contribution in [0.3, 0.4) is 0 Å². The molecule has 3 fully saturated rings. The normalized spacial score (nSPS) is 43.6. The number of hydrogen-bond donors (Lipinski definition) is 1.